The molecule has 0 aliphatic carbocycles. The molecule has 0 aliphatic heterocycles. The molecule has 0 saturated heterocycles. The number of nitrogens with zero attached hydrogens (tertiary/aromatic N) is 4. The molecule has 1 heterocycles. The predicted octanol–water partition coefficient (Wildman–Crippen LogP) is 2.73. The van der Waals surface area contributed by atoms with Gasteiger partial charge in [0, 0.05) is 12.7 Å². The zero-order valence-electron chi connectivity index (χ0n) is 10.7. The number of nitriles is 1. The maximum absolute atomic E-state index is 9.10. The molecule has 1 aromatic carbocycles. The van der Waals surface area contributed by atoms with E-state index >= 15 is 0 Å². The lowest BCUT2D eigenvalue weighted by atomic mass is 10.2. The SMILES string of the molecule is Cc1cccc(N(C)c2nc(C)ncc2C#N)c1. The Labute approximate surface area is 107 Å². The van der Waals surface area contributed by atoms with E-state index in [1.807, 2.05) is 44.0 Å². The van der Waals surface area contributed by atoms with Gasteiger partial charge in [0.05, 0.1) is 6.20 Å². The highest BCUT2D eigenvalue weighted by Crippen LogP contribution is 2.24. The quantitative estimate of drug-likeness (QED) is 0.807. The summed E-state index contributed by atoms with van der Waals surface area (Å²) in [6.45, 7) is 3.85. The molecular weight excluding hydrogens is 224 g/mol. The van der Waals surface area contributed by atoms with Gasteiger partial charge in [0.2, 0.25) is 0 Å². The molecule has 1 aromatic heterocycles. The van der Waals surface area contributed by atoms with E-state index < -0.39 is 0 Å². The Balaban J connectivity index is 2.49. The van der Waals surface area contributed by atoms with E-state index in [4.69, 9.17) is 5.26 Å². The Kier molecular flexibility index (Phi) is 3.24. The van der Waals surface area contributed by atoms with Gasteiger partial charge in [-0.2, -0.15) is 5.26 Å². The maximum Gasteiger partial charge on any atom is 0.154 e. The second-order valence-corrected chi connectivity index (χ2v) is 4.16. The van der Waals surface area contributed by atoms with Crippen LogP contribution in [-0.4, -0.2) is 17.0 Å². The first-order valence-electron chi connectivity index (χ1n) is 5.66. The molecular formula is C14H14N4. The topological polar surface area (TPSA) is 52.8 Å². The standard InChI is InChI=1S/C14H14N4/c1-10-5-4-6-13(7-10)18(3)14-12(8-15)9-16-11(2)17-14/h4-7,9H,1-3H3. The molecule has 2 aromatic rings. The molecule has 0 bridgehead atoms. The van der Waals surface area contributed by atoms with Gasteiger partial charge in [0.15, 0.2) is 5.82 Å². The Bertz CT molecular complexity index is 613. The van der Waals surface area contributed by atoms with Crippen molar-refractivity contribution in [2.75, 3.05) is 11.9 Å². The van der Waals surface area contributed by atoms with E-state index in [1.165, 1.54) is 5.56 Å². The first kappa shape index (κ1) is 12.1. The fourth-order valence-corrected chi connectivity index (χ4v) is 1.75. The summed E-state index contributed by atoms with van der Waals surface area (Å²) in [5.41, 5.74) is 2.65. The van der Waals surface area contributed by atoms with Gasteiger partial charge in [-0.15, -0.1) is 0 Å². The Morgan fingerprint density at radius 1 is 1.28 bits per heavy atom. The number of benzene rings is 1. The third-order valence-corrected chi connectivity index (χ3v) is 2.72. The summed E-state index contributed by atoms with van der Waals surface area (Å²) >= 11 is 0. The smallest absolute Gasteiger partial charge is 0.154 e. The number of hydrogen-bond donors (Lipinski definition) is 0. The highest BCUT2D eigenvalue weighted by molar-refractivity contribution is 5.65. The summed E-state index contributed by atoms with van der Waals surface area (Å²) in [5, 5.41) is 9.10. The third-order valence-electron chi connectivity index (χ3n) is 2.72. The predicted molar refractivity (Wildman–Crippen MR) is 70.7 cm³/mol. The van der Waals surface area contributed by atoms with Crippen LogP contribution in [0.1, 0.15) is 17.0 Å². The number of anilines is 2. The zero-order valence-corrected chi connectivity index (χ0v) is 10.7. The minimum atomic E-state index is 0.476. The lowest BCUT2D eigenvalue weighted by molar-refractivity contribution is 1.00. The fraction of sp³-hybridized carbons (Fsp3) is 0.214. The number of aryl methyl sites for hydroxylation is 2. The second kappa shape index (κ2) is 4.84. The normalized spacial score (nSPS) is 9.89. The molecule has 0 fully saturated rings. The van der Waals surface area contributed by atoms with Gasteiger partial charge in [-0.25, -0.2) is 9.97 Å². The van der Waals surface area contributed by atoms with Crippen molar-refractivity contribution in [3.05, 3.63) is 47.4 Å². The number of hydrogen-bond acceptors (Lipinski definition) is 4. The van der Waals surface area contributed by atoms with Crippen molar-refractivity contribution in [2.24, 2.45) is 0 Å². The van der Waals surface area contributed by atoms with E-state index in [0.29, 0.717) is 17.2 Å². The van der Waals surface area contributed by atoms with E-state index in [1.54, 1.807) is 6.20 Å². The largest absolute Gasteiger partial charge is 0.328 e. The van der Waals surface area contributed by atoms with Crippen LogP contribution in [0, 0.1) is 25.2 Å². The summed E-state index contributed by atoms with van der Waals surface area (Å²) in [4.78, 5) is 10.3. The van der Waals surface area contributed by atoms with Crippen LogP contribution >= 0.6 is 0 Å². The summed E-state index contributed by atoms with van der Waals surface area (Å²) < 4.78 is 0. The first-order chi connectivity index (χ1) is 8.61. The molecule has 0 N–H and O–H groups in total. The van der Waals surface area contributed by atoms with Crippen LogP contribution in [-0.2, 0) is 0 Å². The van der Waals surface area contributed by atoms with Crippen LogP contribution < -0.4 is 4.90 Å². The monoisotopic (exact) mass is 238 g/mol. The van der Waals surface area contributed by atoms with Crippen LogP contribution in [0.2, 0.25) is 0 Å². The molecule has 0 atom stereocenters. The Hall–Kier alpha value is -2.41. The Morgan fingerprint density at radius 2 is 2.06 bits per heavy atom. The van der Waals surface area contributed by atoms with Gasteiger partial charge in [-0.3, -0.25) is 0 Å². The maximum atomic E-state index is 9.10. The van der Waals surface area contributed by atoms with Crippen molar-refractivity contribution < 1.29 is 0 Å². The lowest BCUT2D eigenvalue weighted by Gasteiger charge is -2.19. The molecule has 4 nitrogen and oxygen atoms in total. The molecule has 4 heteroatoms. The molecule has 0 saturated carbocycles. The van der Waals surface area contributed by atoms with Gasteiger partial charge in [-0.1, -0.05) is 12.1 Å². The molecule has 0 unspecified atom stereocenters. The molecule has 0 amide bonds. The van der Waals surface area contributed by atoms with E-state index in [-0.39, 0.29) is 0 Å². The molecule has 90 valence electrons. The van der Waals surface area contributed by atoms with E-state index in [9.17, 15) is 0 Å². The van der Waals surface area contributed by atoms with Crippen molar-refractivity contribution in [1.82, 2.24) is 9.97 Å². The summed E-state index contributed by atoms with van der Waals surface area (Å²) in [6.07, 6.45) is 1.56. The third kappa shape index (κ3) is 2.30. The van der Waals surface area contributed by atoms with E-state index in [2.05, 4.69) is 22.1 Å². The Morgan fingerprint density at radius 3 is 2.72 bits per heavy atom. The van der Waals surface area contributed by atoms with Crippen LogP contribution in [0.4, 0.5) is 11.5 Å². The number of rotatable bonds is 2. The highest BCUT2D eigenvalue weighted by Gasteiger charge is 2.11. The van der Waals surface area contributed by atoms with Crippen molar-refractivity contribution in [3.8, 4) is 6.07 Å². The summed E-state index contributed by atoms with van der Waals surface area (Å²) in [7, 11) is 1.90. The average molecular weight is 238 g/mol. The highest BCUT2D eigenvalue weighted by atomic mass is 15.2. The summed E-state index contributed by atoms with van der Waals surface area (Å²) in [5.74, 6) is 1.29. The van der Waals surface area contributed by atoms with Crippen molar-refractivity contribution in [1.29, 1.82) is 5.26 Å². The molecule has 0 aliphatic rings. The van der Waals surface area contributed by atoms with Crippen LogP contribution in [0.5, 0.6) is 0 Å². The van der Waals surface area contributed by atoms with Gasteiger partial charge in [-0.05, 0) is 31.5 Å². The minimum Gasteiger partial charge on any atom is -0.328 e. The van der Waals surface area contributed by atoms with Crippen LogP contribution in [0.15, 0.2) is 30.5 Å². The van der Waals surface area contributed by atoms with Crippen molar-refractivity contribution in [3.63, 3.8) is 0 Å². The van der Waals surface area contributed by atoms with Gasteiger partial charge >= 0.3 is 0 Å². The number of aromatic nitrogens is 2. The minimum absolute atomic E-state index is 0.476. The zero-order chi connectivity index (χ0) is 13.1. The molecule has 18 heavy (non-hydrogen) atoms. The van der Waals surface area contributed by atoms with Gasteiger partial charge < -0.3 is 4.90 Å². The molecule has 0 spiro atoms. The lowest BCUT2D eigenvalue weighted by Crippen LogP contribution is -2.14. The second-order valence-electron chi connectivity index (χ2n) is 4.16. The first-order valence-corrected chi connectivity index (χ1v) is 5.66. The average Bonchev–Trinajstić information content (AvgIpc) is 2.38. The van der Waals surface area contributed by atoms with Crippen LogP contribution in [0.3, 0.4) is 0 Å². The van der Waals surface area contributed by atoms with E-state index in [0.717, 1.165) is 5.69 Å². The van der Waals surface area contributed by atoms with Gasteiger partial charge in [0.25, 0.3) is 0 Å². The van der Waals surface area contributed by atoms with Crippen molar-refractivity contribution in [2.45, 2.75) is 13.8 Å². The molecule has 2 rings (SSSR count). The summed E-state index contributed by atoms with van der Waals surface area (Å²) in [6, 6.07) is 10.2. The molecule has 0 radical (unpaired) electrons. The van der Waals surface area contributed by atoms with Crippen molar-refractivity contribution >= 4 is 11.5 Å². The van der Waals surface area contributed by atoms with Crippen LogP contribution in [0.25, 0.3) is 0 Å². The van der Waals surface area contributed by atoms with Gasteiger partial charge in [0.1, 0.15) is 17.5 Å². The fourth-order valence-electron chi connectivity index (χ4n) is 1.75.